The molecule has 0 aliphatic carbocycles. The second kappa shape index (κ2) is 8.02. The van der Waals surface area contributed by atoms with Gasteiger partial charge in [-0.2, -0.15) is 0 Å². The van der Waals surface area contributed by atoms with Crippen LogP contribution in [0.4, 0.5) is 11.6 Å². The topological polar surface area (TPSA) is 94.5 Å². The Kier molecular flexibility index (Phi) is 5.13. The van der Waals surface area contributed by atoms with Crippen LogP contribution in [-0.2, 0) is 27.2 Å². The molecule has 32 heavy (non-hydrogen) atoms. The number of anilines is 2. The Labute approximate surface area is 190 Å². The summed E-state index contributed by atoms with van der Waals surface area (Å²) >= 11 is 1.64. The third-order valence-corrected chi connectivity index (χ3v) is 7.63. The van der Waals surface area contributed by atoms with Gasteiger partial charge in [-0.15, -0.1) is 21.5 Å². The van der Waals surface area contributed by atoms with Crippen LogP contribution in [0.2, 0.25) is 0 Å². The molecule has 9 nitrogen and oxygen atoms in total. The Hall–Kier alpha value is -2.14. The third-order valence-electron chi connectivity index (χ3n) is 6.55. The van der Waals surface area contributed by atoms with E-state index in [0.717, 1.165) is 90.8 Å². The molecule has 10 heteroatoms. The lowest BCUT2D eigenvalue weighted by atomic mass is 9.90. The highest BCUT2D eigenvalue weighted by molar-refractivity contribution is 7.26. The maximum absolute atomic E-state index is 6.21. The van der Waals surface area contributed by atoms with Crippen molar-refractivity contribution >= 4 is 43.4 Å². The number of thiophene rings is 1. The lowest BCUT2D eigenvalue weighted by molar-refractivity contribution is -0.0396. The van der Waals surface area contributed by atoms with E-state index in [1.54, 1.807) is 11.3 Å². The van der Waals surface area contributed by atoms with Crippen LogP contribution in [0.1, 0.15) is 37.8 Å². The van der Waals surface area contributed by atoms with E-state index in [4.69, 9.17) is 19.2 Å². The van der Waals surface area contributed by atoms with Crippen molar-refractivity contribution < 1.29 is 14.2 Å². The van der Waals surface area contributed by atoms with Crippen molar-refractivity contribution in [3.63, 3.8) is 0 Å². The van der Waals surface area contributed by atoms with Crippen LogP contribution in [0, 0.1) is 0 Å². The lowest BCUT2D eigenvalue weighted by Crippen LogP contribution is -2.39. The fourth-order valence-corrected chi connectivity index (χ4v) is 5.98. The first-order chi connectivity index (χ1) is 15.6. The number of aromatic nitrogens is 4. The summed E-state index contributed by atoms with van der Waals surface area (Å²) in [5.41, 5.74) is 3.10. The smallest absolute Gasteiger partial charge is 0.170 e. The molecule has 3 aliphatic rings. The van der Waals surface area contributed by atoms with E-state index in [9.17, 15) is 0 Å². The zero-order valence-corrected chi connectivity index (χ0v) is 19.3. The number of morpholine rings is 1. The maximum atomic E-state index is 6.21. The average Bonchev–Trinajstić information content (AvgIpc) is 3.45. The average molecular weight is 457 g/mol. The molecule has 0 aromatic carbocycles. The molecule has 0 radical (unpaired) electrons. The largest absolute Gasteiger partial charge is 0.378 e. The van der Waals surface area contributed by atoms with E-state index >= 15 is 0 Å². The van der Waals surface area contributed by atoms with Crippen molar-refractivity contribution in [2.75, 3.05) is 49.7 Å². The molecular formula is C22H28N6O3S. The molecule has 3 aromatic heterocycles. The minimum Gasteiger partial charge on any atom is -0.378 e. The first-order valence-corrected chi connectivity index (χ1v) is 12.2. The highest BCUT2D eigenvalue weighted by Crippen LogP contribution is 2.43. The first-order valence-electron chi connectivity index (χ1n) is 11.4. The van der Waals surface area contributed by atoms with Crippen molar-refractivity contribution in [3.8, 4) is 0 Å². The number of nitrogens with zero attached hydrogens (tertiary/aromatic N) is 5. The number of hydrogen-bond donors (Lipinski definition) is 1. The van der Waals surface area contributed by atoms with Gasteiger partial charge in [0, 0.05) is 43.6 Å². The van der Waals surface area contributed by atoms with E-state index in [2.05, 4.69) is 39.5 Å². The fourth-order valence-electron chi connectivity index (χ4n) is 4.88. The van der Waals surface area contributed by atoms with Crippen molar-refractivity contribution in [3.05, 3.63) is 11.1 Å². The van der Waals surface area contributed by atoms with Gasteiger partial charge in [0.05, 0.1) is 31.5 Å². The Balaban J connectivity index is 1.49. The number of rotatable bonds is 4. The van der Waals surface area contributed by atoms with Crippen LogP contribution in [0.5, 0.6) is 0 Å². The van der Waals surface area contributed by atoms with Gasteiger partial charge in [0.1, 0.15) is 20.9 Å². The monoisotopic (exact) mass is 456 g/mol. The van der Waals surface area contributed by atoms with E-state index in [1.165, 1.54) is 11.1 Å². The van der Waals surface area contributed by atoms with Crippen LogP contribution in [0.3, 0.4) is 0 Å². The molecule has 1 unspecified atom stereocenters. The van der Waals surface area contributed by atoms with Crippen LogP contribution < -0.4 is 10.2 Å². The van der Waals surface area contributed by atoms with Crippen LogP contribution in [0.15, 0.2) is 0 Å². The molecule has 170 valence electrons. The predicted octanol–water partition coefficient (Wildman–Crippen LogP) is 2.91. The van der Waals surface area contributed by atoms with Gasteiger partial charge in [0.15, 0.2) is 5.82 Å². The molecule has 2 fully saturated rings. The molecule has 2 saturated heterocycles. The molecule has 6 rings (SSSR count). The standard InChI is InChI=1S/C22H28N6O3S/c1-22(2)10-14-15(12-31-22)20(28-5-8-29-9-6-28)24-21-16(14)17-18(32-21)19(26-27-25-17)23-11-13-4-3-7-30-13/h13H,3-12H2,1-2H3,(H,23,25,26). The minimum atomic E-state index is -0.237. The van der Waals surface area contributed by atoms with Gasteiger partial charge in [0.25, 0.3) is 0 Å². The van der Waals surface area contributed by atoms with Gasteiger partial charge in [-0.25, -0.2) is 4.98 Å². The second-order valence-corrected chi connectivity index (χ2v) is 10.3. The van der Waals surface area contributed by atoms with E-state index < -0.39 is 0 Å². The van der Waals surface area contributed by atoms with Crippen molar-refractivity contribution in [2.45, 2.75) is 51.4 Å². The molecule has 0 amide bonds. The van der Waals surface area contributed by atoms with Gasteiger partial charge in [0.2, 0.25) is 0 Å². The third kappa shape index (κ3) is 3.59. The number of ether oxygens (including phenoxy) is 3. The minimum absolute atomic E-state index is 0.228. The summed E-state index contributed by atoms with van der Waals surface area (Å²) in [7, 11) is 0. The highest BCUT2D eigenvalue weighted by Gasteiger charge is 2.33. The summed E-state index contributed by atoms with van der Waals surface area (Å²) in [5, 5.41) is 17.4. The van der Waals surface area contributed by atoms with E-state index in [0.29, 0.717) is 6.61 Å². The van der Waals surface area contributed by atoms with Crippen molar-refractivity contribution in [1.29, 1.82) is 0 Å². The van der Waals surface area contributed by atoms with Gasteiger partial charge >= 0.3 is 0 Å². The molecule has 6 heterocycles. The van der Waals surface area contributed by atoms with Gasteiger partial charge in [-0.3, -0.25) is 0 Å². The first kappa shape index (κ1) is 20.5. The van der Waals surface area contributed by atoms with Crippen molar-refractivity contribution in [2.24, 2.45) is 0 Å². The van der Waals surface area contributed by atoms with Crippen LogP contribution in [-0.4, -0.2) is 71.6 Å². The predicted molar refractivity (Wildman–Crippen MR) is 124 cm³/mol. The molecule has 0 spiro atoms. The SMILES string of the molecule is CC1(C)Cc2c(c(N3CCOCC3)nc3sc4c(NCC5CCCO5)nnnc4c23)CO1. The zero-order chi connectivity index (χ0) is 21.7. The summed E-state index contributed by atoms with van der Waals surface area (Å²) in [6.45, 7) is 9.54. The van der Waals surface area contributed by atoms with Crippen LogP contribution >= 0.6 is 11.3 Å². The number of hydrogen-bond acceptors (Lipinski definition) is 10. The highest BCUT2D eigenvalue weighted by atomic mass is 32.1. The van der Waals surface area contributed by atoms with Crippen LogP contribution in [0.25, 0.3) is 20.4 Å². The molecule has 3 aromatic rings. The van der Waals surface area contributed by atoms with Gasteiger partial charge in [-0.05, 0) is 37.5 Å². The van der Waals surface area contributed by atoms with E-state index in [1.807, 2.05) is 0 Å². The summed E-state index contributed by atoms with van der Waals surface area (Å²) < 4.78 is 18.6. The quantitative estimate of drug-likeness (QED) is 0.636. The maximum Gasteiger partial charge on any atom is 0.170 e. The van der Waals surface area contributed by atoms with Gasteiger partial charge < -0.3 is 24.4 Å². The number of pyridine rings is 1. The number of nitrogens with one attached hydrogen (secondary N) is 1. The Morgan fingerprint density at radius 2 is 2.03 bits per heavy atom. The fraction of sp³-hybridized carbons (Fsp3) is 0.636. The van der Waals surface area contributed by atoms with E-state index in [-0.39, 0.29) is 11.7 Å². The Morgan fingerprint density at radius 1 is 1.16 bits per heavy atom. The second-order valence-electron chi connectivity index (χ2n) is 9.33. The molecule has 1 atom stereocenters. The summed E-state index contributed by atoms with van der Waals surface area (Å²) in [4.78, 5) is 8.45. The summed E-state index contributed by atoms with van der Waals surface area (Å²) in [6.07, 6.45) is 3.23. The lowest BCUT2D eigenvalue weighted by Gasteiger charge is -2.36. The number of fused-ring (bicyclic) bond motifs is 5. The summed E-state index contributed by atoms with van der Waals surface area (Å²) in [5.74, 6) is 1.79. The van der Waals surface area contributed by atoms with Crippen molar-refractivity contribution in [1.82, 2.24) is 20.4 Å². The Morgan fingerprint density at radius 3 is 2.84 bits per heavy atom. The summed E-state index contributed by atoms with van der Waals surface area (Å²) in [6, 6.07) is 0. The molecule has 1 N–H and O–H groups in total. The zero-order valence-electron chi connectivity index (χ0n) is 18.5. The normalized spacial score (nSPS) is 23.1. The molecule has 0 bridgehead atoms. The molecule has 3 aliphatic heterocycles. The molecule has 0 saturated carbocycles. The van der Waals surface area contributed by atoms with Gasteiger partial charge in [-0.1, -0.05) is 0 Å². The Bertz CT molecular complexity index is 1150. The molecular weight excluding hydrogens is 428 g/mol.